The van der Waals surface area contributed by atoms with Crippen molar-refractivity contribution in [3.05, 3.63) is 29.8 Å². The van der Waals surface area contributed by atoms with Crippen LogP contribution in [0.4, 0.5) is 4.39 Å². The number of hydrogen-bond acceptors (Lipinski definition) is 3. The minimum absolute atomic E-state index is 0.274. The molecule has 0 radical (unpaired) electrons. The van der Waals surface area contributed by atoms with Gasteiger partial charge in [-0.3, -0.25) is 4.98 Å². The Kier molecular flexibility index (Phi) is 5.55. The molecule has 18 heavy (non-hydrogen) atoms. The molecule has 1 aromatic heterocycles. The summed E-state index contributed by atoms with van der Waals surface area (Å²) in [7, 11) is 0. The fourth-order valence-electron chi connectivity index (χ4n) is 2.34. The van der Waals surface area contributed by atoms with Crippen molar-refractivity contribution in [2.24, 2.45) is 0 Å². The van der Waals surface area contributed by atoms with Gasteiger partial charge < -0.3 is 10.2 Å². The number of nitrogens with zero attached hydrogens (tertiary/aromatic N) is 2. The van der Waals surface area contributed by atoms with Gasteiger partial charge in [-0.25, -0.2) is 4.39 Å². The first-order chi connectivity index (χ1) is 8.84. The molecule has 1 aliphatic heterocycles. The average Bonchev–Trinajstić information content (AvgIpc) is 2.42. The average molecular weight is 251 g/mol. The molecule has 0 aliphatic carbocycles. The minimum atomic E-state index is -0.274. The lowest BCUT2D eigenvalue weighted by Gasteiger charge is -2.26. The Morgan fingerprint density at radius 3 is 2.78 bits per heavy atom. The third-order valence-corrected chi connectivity index (χ3v) is 3.37. The Morgan fingerprint density at radius 2 is 2.06 bits per heavy atom. The molecule has 0 atom stereocenters. The SMILES string of the molecule is Fc1ccc(CNCCCN2CCCCC2)nc1. The van der Waals surface area contributed by atoms with E-state index in [0.717, 1.165) is 18.8 Å². The van der Waals surface area contributed by atoms with Gasteiger partial charge >= 0.3 is 0 Å². The number of hydrogen-bond donors (Lipinski definition) is 1. The first-order valence-electron chi connectivity index (χ1n) is 6.88. The molecule has 0 unspecified atom stereocenters. The highest BCUT2D eigenvalue weighted by Gasteiger charge is 2.08. The van der Waals surface area contributed by atoms with Crippen molar-refractivity contribution in [1.82, 2.24) is 15.2 Å². The summed E-state index contributed by atoms with van der Waals surface area (Å²) in [5.74, 6) is -0.274. The highest BCUT2D eigenvalue weighted by atomic mass is 19.1. The van der Waals surface area contributed by atoms with Crippen molar-refractivity contribution in [2.75, 3.05) is 26.2 Å². The second-order valence-corrected chi connectivity index (χ2v) is 4.90. The Bertz CT molecular complexity index is 333. The highest BCUT2D eigenvalue weighted by molar-refractivity contribution is 5.04. The molecule has 1 fully saturated rings. The molecule has 1 aromatic rings. The molecular weight excluding hydrogens is 229 g/mol. The van der Waals surface area contributed by atoms with Crippen molar-refractivity contribution >= 4 is 0 Å². The van der Waals surface area contributed by atoms with Crippen LogP contribution in [0.3, 0.4) is 0 Å². The van der Waals surface area contributed by atoms with E-state index in [1.807, 2.05) is 0 Å². The third-order valence-electron chi connectivity index (χ3n) is 3.37. The number of pyridine rings is 1. The zero-order valence-corrected chi connectivity index (χ0v) is 10.9. The number of halogens is 1. The third kappa shape index (κ3) is 4.70. The minimum Gasteiger partial charge on any atom is -0.311 e. The molecule has 100 valence electrons. The summed E-state index contributed by atoms with van der Waals surface area (Å²) >= 11 is 0. The predicted octanol–water partition coefficient (Wildman–Crippen LogP) is 2.19. The molecule has 0 amide bonds. The summed E-state index contributed by atoms with van der Waals surface area (Å²) in [5, 5.41) is 3.35. The van der Waals surface area contributed by atoms with E-state index in [2.05, 4.69) is 15.2 Å². The van der Waals surface area contributed by atoms with E-state index in [1.54, 1.807) is 6.07 Å². The number of rotatable bonds is 6. The quantitative estimate of drug-likeness (QED) is 0.786. The smallest absolute Gasteiger partial charge is 0.141 e. The number of piperidine rings is 1. The zero-order chi connectivity index (χ0) is 12.6. The zero-order valence-electron chi connectivity index (χ0n) is 10.9. The van der Waals surface area contributed by atoms with Crippen LogP contribution >= 0.6 is 0 Å². The van der Waals surface area contributed by atoms with Gasteiger partial charge in [0.15, 0.2) is 0 Å². The van der Waals surface area contributed by atoms with Crippen LogP contribution in [0.15, 0.2) is 18.3 Å². The van der Waals surface area contributed by atoms with Gasteiger partial charge in [-0.15, -0.1) is 0 Å². The van der Waals surface area contributed by atoms with E-state index in [4.69, 9.17) is 0 Å². The number of aromatic nitrogens is 1. The van der Waals surface area contributed by atoms with E-state index in [9.17, 15) is 4.39 Å². The van der Waals surface area contributed by atoms with Crippen LogP contribution < -0.4 is 5.32 Å². The lowest BCUT2D eigenvalue weighted by molar-refractivity contribution is 0.225. The Morgan fingerprint density at radius 1 is 1.22 bits per heavy atom. The topological polar surface area (TPSA) is 28.2 Å². The summed E-state index contributed by atoms with van der Waals surface area (Å²) in [6, 6.07) is 3.19. The molecule has 3 nitrogen and oxygen atoms in total. The van der Waals surface area contributed by atoms with Crippen molar-refractivity contribution in [1.29, 1.82) is 0 Å². The summed E-state index contributed by atoms with van der Waals surface area (Å²) in [6.07, 6.45) is 6.54. The highest BCUT2D eigenvalue weighted by Crippen LogP contribution is 2.08. The van der Waals surface area contributed by atoms with Crippen molar-refractivity contribution in [2.45, 2.75) is 32.2 Å². The predicted molar refractivity (Wildman–Crippen MR) is 70.8 cm³/mol. The molecule has 2 rings (SSSR count). The molecule has 1 N–H and O–H groups in total. The Balaban J connectivity index is 1.54. The van der Waals surface area contributed by atoms with E-state index in [1.165, 1.54) is 57.6 Å². The van der Waals surface area contributed by atoms with Gasteiger partial charge in [-0.1, -0.05) is 6.42 Å². The van der Waals surface area contributed by atoms with E-state index >= 15 is 0 Å². The Hall–Kier alpha value is -1.00. The second-order valence-electron chi connectivity index (χ2n) is 4.90. The first kappa shape index (κ1) is 13.4. The number of nitrogens with one attached hydrogen (secondary N) is 1. The number of likely N-dealkylation sites (tertiary alicyclic amines) is 1. The molecule has 0 saturated carbocycles. The molecule has 2 heterocycles. The molecule has 0 bridgehead atoms. The van der Waals surface area contributed by atoms with E-state index in [0.29, 0.717) is 0 Å². The van der Waals surface area contributed by atoms with Crippen LogP contribution in [0.2, 0.25) is 0 Å². The first-order valence-corrected chi connectivity index (χ1v) is 6.88. The van der Waals surface area contributed by atoms with Crippen LogP contribution in [0.5, 0.6) is 0 Å². The standard InChI is InChI=1S/C14H22FN3/c15-13-5-6-14(17-11-13)12-16-7-4-10-18-8-2-1-3-9-18/h5-6,11,16H,1-4,7-10,12H2. The molecule has 4 heteroatoms. The van der Waals surface area contributed by atoms with Crippen molar-refractivity contribution < 1.29 is 4.39 Å². The maximum absolute atomic E-state index is 12.6. The van der Waals surface area contributed by atoms with Crippen LogP contribution in [-0.2, 0) is 6.54 Å². The second kappa shape index (κ2) is 7.44. The fourth-order valence-corrected chi connectivity index (χ4v) is 2.34. The van der Waals surface area contributed by atoms with Crippen molar-refractivity contribution in [3.8, 4) is 0 Å². The van der Waals surface area contributed by atoms with Gasteiger partial charge in [0, 0.05) is 6.54 Å². The maximum Gasteiger partial charge on any atom is 0.141 e. The summed E-state index contributed by atoms with van der Waals surface area (Å²) in [5.41, 5.74) is 0.898. The van der Waals surface area contributed by atoms with Crippen LogP contribution in [-0.4, -0.2) is 36.1 Å². The van der Waals surface area contributed by atoms with Gasteiger partial charge in [0.05, 0.1) is 11.9 Å². The van der Waals surface area contributed by atoms with Crippen LogP contribution in [0.25, 0.3) is 0 Å². The van der Waals surface area contributed by atoms with Gasteiger partial charge in [-0.05, 0) is 57.6 Å². The van der Waals surface area contributed by atoms with Gasteiger partial charge in [0.25, 0.3) is 0 Å². The molecule has 1 saturated heterocycles. The molecule has 0 aromatic carbocycles. The normalized spacial score (nSPS) is 16.9. The summed E-state index contributed by atoms with van der Waals surface area (Å²) in [4.78, 5) is 6.56. The van der Waals surface area contributed by atoms with Gasteiger partial charge in [0.1, 0.15) is 5.82 Å². The van der Waals surface area contributed by atoms with Gasteiger partial charge in [0.2, 0.25) is 0 Å². The fraction of sp³-hybridized carbons (Fsp3) is 0.643. The monoisotopic (exact) mass is 251 g/mol. The van der Waals surface area contributed by atoms with Crippen molar-refractivity contribution in [3.63, 3.8) is 0 Å². The molecular formula is C14H22FN3. The van der Waals surface area contributed by atoms with Gasteiger partial charge in [-0.2, -0.15) is 0 Å². The molecule has 0 spiro atoms. The van der Waals surface area contributed by atoms with E-state index in [-0.39, 0.29) is 5.82 Å². The van der Waals surface area contributed by atoms with Crippen LogP contribution in [0.1, 0.15) is 31.4 Å². The summed E-state index contributed by atoms with van der Waals surface area (Å²) in [6.45, 7) is 5.43. The maximum atomic E-state index is 12.6. The van der Waals surface area contributed by atoms with E-state index < -0.39 is 0 Å². The van der Waals surface area contributed by atoms with Crippen LogP contribution in [0, 0.1) is 5.82 Å². The molecule has 1 aliphatic rings. The Labute approximate surface area is 108 Å². The lowest BCUT2D eigenvalue weighted by atomic mass is 10.1. The largest absolute Gasteiger partial charge is 0.311 e. The summed E-state index contributed by atoms with van der Waals surface area (Å²) < 4.78 is 12.6. The lowest BCUT2D eigenvalue weighted by Crippen LogP contribution is -2.32.